The molecular weight excluding hydrogens is 154 g/mol. The molecule has 64 valence electrons. The fourth-order valence-electron chi connectivity index (χ4n) is 1.27. The SMILES string of the molecule is c1ncc(C2COCCN2)cn1. The lowest BCUT2D eigenvalue weighted by molar-refractivity contribution is 0.0766. The summed E-state index contributed by atoms with van der Waals surface area (Å²) in [5, 5.41) is 3.33. The van der Waals surface area contributed by atoms with Crippen LogP contribution in [0, 0.1) is 0 Å². The predicted molar refractivity (Wildman–Crippen MR) is 43.6 cm³/mol. The van der Waals surface area contributed by atoms with E-state index >= 15 is 0 Å². The summed E-state index contributed by atoms with van der Waals surface area (Å²) < 4.78 is 5.32. The number of nitrogens with one attached hydrogen (secondary N) is 1. The maximum absolute atomic E-state index is 5.32. The summed E-state index contributed by atoms with van der Waals surface area (Å²) in [7, 11) is 0. The molecule has 0 amide bonds. The molecule has 1 atom stereocenters. The van der Waals surface area contributed by atoms with Crippen molar-refractivity contribution in [2.75, 3.05) is 19.8 Å². The molecule has 1 aromatic rings. The second-order valence-corrected chi connectivity index (χ2v) is 2.75. The molecule has 0 bridgehead atoms. The zero-order chi connectivity index (χ0) is 8.23. The second-order valence-electron chi connectivity index (χ2n) is 2.75. The molecule has 0 aromatic carbocycles. The number of hydrogen-bond acceptors (Lipinski definition) is 4. The standard InChI is InChI=1S/C8H11N3O/c1-2-12-5-8(11-1)7-3-9-6-10-4-7/h3-4,6,8,11H,1-2,5H2. The van der Waals surface area contributed by atoms with Crippen molar-refractivity contribution < 1.29 is 4.74 Å². The van der Waals surface area contributed by atoms with Crippen molar-refractivity contribution >= 4 is 0 Å². The van der Waals surface area contributed by atoms with Crippen molar-refractivity contribution in [1.82, 2.24) is 15.3 Å². The highest BCUT2D eigenvalue weighted by Gasteiger charge is 2.14. The maximum atomic E-state index is 5.32. The van der Waals surface area contributed by atoms with Gasteiger partial charge in [0.05, 0.1) is 19.3 Å². The van der Waals surface area contributed by atoms with Crippen molar-refractivity contribution in [3.8, 4) is 0 Å². The van der Waals surface area contributed by atoms with Crippen LogP contribution < -0.4 is 5.32 Å². The molecule has 2 heterocycles. The Kier molecular flexibility index (Phi) is 2.29. The van der Waals surface area contributed by atoms with Gasteiger partial charge in [-0.25, -0.2) is 9.97 Å². The first-order chi connectivity index (χ1) is 5.97. The van der Waals surface area contributed by atoms with Crippen LogP contribution in [-0.2, 0) is 4.74 Å². The van der Waals surface area contributed by atoms with Gasteiger partial charge in [0.2, 0.25) is 0 Å². The monoisotopic (exact) mass is 165 g/mol. The van der Waals surface area contributed by atoms with Crippen LogP contribution >= 0.6 is 0 Å². The highest BCUT2D eigenvalue weighted by molar-refractivity contribution is 5.09. The van der Waals surface area contributed by atoms with E-state index in [2.05, 4.69) is 15.3 Å². The highest BCUT2D eigenvalue weighted by Crippen LogP contribution is 2.12. The van der Waals surface area contributed by atoms with Crippen LogP contribution in [0.15, 0.2) is 18.7 Å². The van der Waals surface area contributed by atoms with Gasteiger partial charge in [-0.05, 0) is 0 Å². The van der Waals surface area contributed by atoms with E-state index < -0.39 is 0 Å². The van der Waals surface area contributed by atoms with E-state index in [0.29, 0.717) is 6.61 Å². The summed E-state index contributed by atoms with van der Waals surface area (Å²) in [5.74, 6) is 0. The minimum Gasteiger partial charge on any atom is -0.378 e. The van der Waals surface area contributed by atoms with Gasteiger partial charge in [-0.1, -0.05) is 0 Å². The van der Waals surface area contributed by atoms with Crippen LogP contribution in [-0.4, -0.2) is 29.7 Å². The lowest BCUT2D eigenvalue weighted by Gasteiger charge is -2.23. The number of nitrogens with zero attached hydrogens (tertiary/aromatic N) is 2. The Morgan fingerprint density at radius 2 is 2.25 bits per heavy atom. The maximum Gasteiger partial charge on any atom is 0.115 e. The summed E-state index contributed by atoms with van der Waals surface area (Å²) in [6, 6.07) is 0.264. The Morgan fingerprint density at radius 3 is 2.92 bits per heavy atom. The van der Waals surface area contributed by atoms with Gasteiger partial charge in [-0.2, -0.15) is 0 Å². The first-order valence-electron chi connectivity index (χ1n) is 4.03. The van der Waals surface area contributed by atoms with Gasteiger partial charge in [0.15, 0.2) is 0 Å². The van der Waals surface area contributed by atoms with E-state index in [9.17, 15) is 0 Å². The van der Waals surface area contributed by atoms with Gasteiger partial charge < -0.3 is 10.1 Å². The van der Waals surface area contributed by atoms with Crippen LogP contribution in [0.25, 0.3) is 0 Å². The normalized spacial score (nSPS) is 23.8. The number of aromatic nitrogens is 2. The molecule has 1 aromatic heterocycles. The number of morpholine rings is 1. The number of ether oxygens (including phenoxy) is 1. The van der Waals surface area contributed by atoms with Gasteiger partial charge in [-0.15, -0.1) is 0 Å². The zero-order valence-corrected chi connectivity index (χ0v) is 6.73. The Balaban J connectivity index is 2.08. The lowest BCUT2D eigenvalue weighted by atomic mass is 10.1. The van der Waals surface area contributed by atoms with Gasteiger partial charge in [0.1, 0.15) is 6.33 Å². The van der Waals surface area contributed by atoms with Gasteiger partial charge in [0.25, 0.3) is 0 Å². The molecule has 1 aliphatic rings. The number of hydrogen-bond donors (Lipinski definition) is 1. The first-order valence-corrected chi connectivity index (χ1v) is 4.03. The van der Waals surface area contributed by atoms with E-state index in [1.165, 1.54) is 6.33 Å². The van der Waals surface area contributed by atoms with Crippen molar-refractivity contribution in [3.63, 3.8) is 0 Å². The Morgan fingerprint density at radius 1 is 1.42 bits per heavy atom. The van der Waals surface area contributed by atoms with Crippen LogP contribution in [0.2, 0.25) is 0 Å². The molecule has 4 nitrogen and oxygen atoms in total. The van der Waals surface area contributed by atoms with Crippen molar-refractivity contribution in [2.45, 2.75) is 6.04 Å². The van der Waals surface area contributed by atoms with Crippen molar-refractivity contribution in [1.29, 1.82) is 0 Å². The minimum atomic E-state index is 0.264. The summed E-state index contributed by atoms with van der Waals surface area (Å²) in [5.41, 5.74) is 1.09. The minimum absolute atomic E-state index is 0.264. The number of rotatable bonds is 1. The quantitative estimate of drug-likeness (QED) is 0.643. The average Bonchev–Trinajstić information content (AvgIpc) is 2.21. The van der Waals surface area contributed by atoms with E-state index in [1.54, 1.807) is 0 Å². The smallest absolute Gasteiger partial charge is 0.115 e. The fraction of sp³-hybridized carbons (Fsp3) is 0.500. The molecule has 12 heavy (non-hydrogen) atoms. The van der Waals surface area contributed by atoms with Gasteiger partial charge in [0, 0.05) is 24.5 Å². The summed E-state index contributed by atoms with van der Waals surface area (Å²) in [6.07, 6.45) is 5.17. The van der Waals surface area contributed by atoms with E-state index in [1.807, 2.05) is 12.4 Å². The summed E-state index contributed by atoms with van der Waals surface area (Å²) >= 11 is 0. The highest BCUT2D eigenvalue weighted by atomic mass is 16.5. The fourth-order valence-corrected chi connectivity index (χ4v) is 1.27. The molecule has 4 heteroatoms. The third-order valence-electron chi connectivity index (χ3n) is 1.90. The molecule has 1 saturated heterocycles. The van der Waals surface area contributed by atoms with Crippen LogP contribution in [0.5, 0.6) is 0 Å². The summed E-state index contributed by atoms with van der Waals surface area (Å²) in [4.78, 5) is 7.91. The van der Waals surface area contributed by atoms with E-state index in [0.717, 1.165) is 18.7 Å². The van der Waals surface area contributed by atoms with Crippen LogP contribution in [0.4, 0.5) is 0 Å². The average molecular weight is 165 g/mol. The van der Waals surface area contributed by atoms with Gasteiger partial charge >= 0.3 is 0 Å². The molecule has 1 unspecified atom stereocenters. The molecule has 2 rings (SSSR count). The molecule has 0 radical (unpaired) electrons. The third-order valence-corrected chi connectivity index (χ3v) is 1.90. The Hall–Kier alpha value is -1.00. The third kappa shape index (κ3) is 1.60. The molecule has 1 N–H and O–H groups in total. The largest absolute Gasteiger partial charge is 0.378 e. The molecule has 0 spiro atoms. The van der Waals surface area contributed by atoms with Crippen LogP contribution in [0.1, 0.15) is 11.6 Å². The first kappa shape index (κ1) is 7.64. The predicted octanol–water partition coefficient (Wildman–Crippen LogP) is 0.138. The molecule has 1 aliphatic heterocycles. The summed E-state index contributed by atoms with van der Waals surface area (Å²) in [6.45, 7) is 2.41. The van der Waals surface area contributed by atoms with Crippen molar-refractivity contribution in [3.05, 3.63) is 24.3 Å². The lowest BCUT2D eigenvalue weighted by Crippen LogP contribution is -2.34. The van der Waals surface area contributed by atoms with Gasteiger partial charge in [-0.3, -0.25) is 0 Å². The Labute approximate surface area is 71.0 Å². The molecule has 0 aliphatic carbocycles. The van der Waals surface area contributed by atoms with E-state index in [-0.39, 0.29) is 6.04 Å². The molecule has 0 saturated carbocycles. The zero-order valence-electron chi connectivity index (χ0n) is 6.73. The molecular formula is C8H11N3O. The van der Waals surface area contributed by atoms with E-state index in [4.69, 9.17) is 4.74 Å². The second kappa shape index (κ2) is 3.60. The topological polar surface area (TPSA) is 47.0 Å². The van der Waals surface area contributed by atoms with Crippen molar-refractivity contribution in [2.24, 2.45) is 0 Å². The molecule has 1 fully saturated rings. The Bertz CT molecular complexity index is 233. The van der Waals surface area contributed by atoms with Crippen LogP contribution in [0.3, 0.4) is 0 Å².